The monoisotopic (exact) mass is 277 g/mol. The zero-order valence-electron chi connectivity index (χ0n) is 12.8. The molecule has 112 valence electrons. The molecule has 0 aliphatic heterocycles. The summed E-state index contributed by atoms with van der Waals surface area (Å²) in [5.41, 5.74) is 2.91. The molecule has 1 atom stereocenters. The van der Waals surface area contributed by atoms with Gasteiger partial charge in [-0.3, -0.25) is 0 Å². The average molecular weight is 277 g/mol. The van der Waals surface area contributed by atoms with Crippen molar-refractivity contribution >= 4 is 0 Å². The van der Waals surface area contributed by atoms with Crippen LogP contribution in [0.1, 0.15) is 50.3 Å². The van der Waals surface area contributed by atoms with Gasteiger partial charge in [0.05, 0.1) is 6.61 Å². The van der Waals surface area contributed by atoms with Gasteiger partial charge in [-0.15, -0.1) is 0 Å². The van der Waals surface area contributed by atoms with Crippen LogP contribution < -0.4 is 10.1 Å². The van der Waals surface area contributed by atoms with Crippen LogP contribution in [-0.2, 0) is 11.2 Å². The molecular weight excluding hydrogens is 250 g/mol. The van der Waals surface area contributed by atoms with Crippen LogP contribution in [0.15, 0.2) is 18.2 Å². The predicted molar refractivity (Wildman–Crippen MR) is 82.4 cm³/mol. The van der Waals surface area contributed by atoms with E-state index in [2.05, 4.69) is 30.4 Å². The fraction of sp³-hybridized carbons (Fsp3) is 0.647. The number of benzene rings is 1. The van der Waals surface area contributed by atoms with Crippen molar-refractivity contribution < 1.29 is 9.47 Å². The summed E-state index contributed by atoms with van der Waals surface area (Å²) in [5, 5.41) is 3.57. The van der Waals surface area contributed by atoms with E-state index in [1.165, 1.54) is 30.4 Å². The molecule has 20 heavy (non-hydrogen) atoms. The minimum Gasteiger partial charge on any atom is -0.493 e. The summed E-state index contributed by atoms with van der Waals surface area (Å²) in [6, 6.07) is 7.09. The molecule has 0 fully saturated rings. The van der Waals surface area contributed by atoms with Gasteiger partial charge in [-0.05, 0) is 56.0 Å². The van der Waals surface area contributed by atoms with Crippen LogP contribution >= 0.6 is 0 Å². The van der Waals surface area contributed by atoms with Crippen molar-refractivity contribution in [3.05, 3.63) is 29.3 Å². The van der Waals surface area contributed by atoms with Crippen LogP contribution in [0.2, 0.25) is 0 Å². The standard InChI is InChI=1S/C17H27NO2/c1-3-18-17-8-5-7-14-13-15(9-10-16(14)17)20-12-6-11-19-4-2/h9-10,13,17-18H,3-8,11-12H2,1-2H3. The number of hydrogen-bond acceptors (Lipinski definition) is 3. The molecule has 3 nitrogen and oxygen atoms in total. The molecule has 1 aliphatic rings. The molecular formula is C17H27NO2. The summed E-state index contributed by atoms with van der Waals surface area (Å²) >= 11 is 0. The Kier molecular flexibility index (Phi) is 6.34. The average Bonchev–Trinajstić information content (AvgIpc) is 2.47. The van der Waals surface area contributed by atoms with E-state index < -0.39 is 0 Å². The molecule has 0 radical (unpaired) electrons. The number of hydrogen-bond donors (Lipinski definition) is 1. The van der Waals surface area contributed by atoms with Crippen LogP contribution in [0.3, 0.4) is 0 Å². The Morgan fingerprint density at radius 1 is 1.25 bits per heavy atom. The highest BCUT2D eigenvalue weighted by Gasteiger charge is 2.19. The van der Waals surface area contributed by atoms with Gasteiger partial charge in [-0.25, -0.2) is 0 Å². The smallest absolute Gasteiger partial charge is 0.119 e. The maximum absolute atomic E-state index is 5.81. The molecule has 0 amide bonds. The van der Waals surface area contributed by atoms with Crippen molar-refractivity contribution in [3.8, 4) is 5.75 Å². The van der Waals surface area contributed by atoms with Crippen molar-refractivity contribution in [3.63, 3.8) is 0 Å². The van der Waals surface area contributed by atoms with Gasteiger partial charge < -0.3 is 14.8 Å². The van der Waals surface area contributed by atoms with E-state index in [9.17, 15) is 0 Å². The van der Waals surface area contributed by atoms with Gasteiger partial charge in [-0.1, -0.05) is 13.0 Å². The molecule has 0 bridgehead atoms. The topological polar surface area (TPSA) is 30.5 Å². The fourth-order valence-electron chi connectivity index (χ4n) is 2.83. The summed E-state index contributed by atoms with van der Waals surface area (Å²) in [6.45, 7) is 7.51. The summed E-state index contributed by atoms with van der Waals surface area (Å²) in [4.78, 5) is 0. The third-order valence-corrected chi connectivity index (χ3v) is 3.79. The van der Waals surface area contributed by atoms with Crippen LogP contribution in [0, 0.1) is 0 Å². The van der Waals surface area contributed by atoms with Crippen molar-refractivity contribution in [2.24, 2.45) is 0 Å². The second kappa shape index (κ2) is 8.28. The quantitative estimate of drug-likeness (QED) is 0.738. The Hall–Kier alpha value is -1.06. The van der Waals surface area contributed by atoms with E-state index in [1.54, 1.807) is 0 Å². The number of nitrogens with one attached hydrogen (secondary N) is 1. The highest BCUT2D eigenvalue weighted by molar-refractivity contribution is 5.39. The van der Waals surface area contributed by atoms with Gasteiger partial charge in [-0.2, -0.15) is 0 Å². The van der Waals surface area contributed by atoms with Crippen molar-refractivity contribution in [2.75, 3.05) is 26.4 Å². The molecule has 0 spiro atoms. The van der Waals surface area contributed by atoms with Gasteiger partial charge in [0.1, 0.15) is 5.75 Å². The Morgan fingerprint density at radius 2 is 2.15 bits per heavy atom. The van der Waals surface area contributed by atoms with Crippen LogP contribution in [0.5, 0.6) is 5.75 Å². The number of rotatable bonds is 8. The van der Waals surface area contributed by atoms with Crippen LogP contribution in [0.25, 0.3) is 0 Å². The second-order valence-corrected chi connectivity index (χ2v) is 5.26. The third kappa shape index (κ3) is 4.22. The highest BCUT2D eigenvalue weighted by Crippen LogP contribution is 2.32. The van der Waals surface area contributed by atoms with Crippen LogP contribution in [-0.4, -0.2) is 26.4 Å². The van der Waals surface area contributed by atoms with Crippen molar-refractivity contribution in [1.82, 2.24) is 5.32 Å². The fourth-order valence-corrected chi connectivity index (χ4v) is 2.83. The molecule has 0 saturated heterocycles. The molecule has 2 rings (SSSR count). The zero-order valence-corrected chi connectivity index (χ0v) is 12.8. The van der Waals surface area contributed by atoms with Crippen molar-refractivity contribution in [1.29, 1.82) is 0 Å². The lowest BCUT2D eigenvalue weighted by atomic mass is 9.87. The molecule has 0 aromatic heterocycles. The maximum atomic E-state index is 5.81. The van der Waals surface area contributed by atoms with Crippen molar-refractivity contribution in [2.45, 2.75) is 45.6 Å². The first-order valence-corrected chi connectivity index (χ1v) is 7.92. The van der Waals surface area contributed by atoms with E-state index in [-0.39, 0.29) is 0 Å². The highest BCUT2D eigenvalue weighted by atomic mass is 16.5. The van der Waals surface area contributed by atoms with Gasteiger partial charge >= 0.3 is 0 Å². The van der Waals surface area contributed by atoms with Crippen LogP contribution in [0.4, 0.5) is 0 Å². The third-order valence-electron chi connectivity index (χ3n) is 3.79. The Morgan fingerprint density at radius 3 is 2.95 bits per heavy atom. The Balaban J connectivity index is 1.90. The SMILES string of the molecule is CCNC1CCCc2cc(OCCCOCC)ccc21. The van der Waals surface area contributed by atoms with E-state index >= 15 is 0 Å². The lowest BCUT2D eigenvalue weighted by molar-refractivity contribution is 0.131. The molecule has 0 heterocycles. The normalized spacial score (nSPS) is 17.8. The van der Waals surface area contributed by atoms with E-state index in [4.69, 9.17) is 9.47 Å². The summed E-state index contributed by atoms with van der Waals surface area (Å²) in [5.74, 6) is 0.998. The molecule has 1 unspecified atom stereocenters. The summed E-state index contributed by atoms with van der Waals surface area (Å²) in [6.07, 6.45) is 4.63. The summed E-state index contributed by atoms with van der Waals surface area (Å²) < 4.78 is 11.1. The minimum atomic E-state index is 0.524. The van der Waals surface area contributed by atoms with E-state index in [0.717, 1.165) is 38.5 Å². The molecule has 0 saturated carbocycles. The van der Waals surface area contributed by atoms with E-state index in [1.807, 2.05) is 6.92 Å². The molecule has 1 aliphatic carbocycles. The first kappa shape index (κ1) is 15.3. The van der Waals surface area contributed by atoms with Gasteiger partial charge in [0.25, 0.3) is 0 Å². The van der Waals surface area contributed by atoms with E-state index in [0.29, 0.717) is 6.04 Å². The molecule has 1 aromatic rings. The Bertz CT molecular complexity index is 406. The first-order valence-electron chi connectivity index (χ1n) is 7.92. The molecule has 1 aromatic carbocycles. The lowest BCUT2D eigenvalue weighted by Crippen LogP contribution is -2.24. The first-order chi connectivity index (χ1) is 9.85. The second-order valence-electron chi connectivity index (χ2n) is 5.26. The zero-order chi connectivity index (χ0) is 14.2. The summed E-state index contributed by atoms with van der Waals surface area (Å²) in [7, 11) is 0. The molecule has 1 N–H and O–H groups in total. The maximum Gasteiger partial charge on any atom is 0.119 e. The van der Waals surface area contributed by atoms with Gasteiger partial charge in [0.2, 0.25) is 0 Å². The largest absolute Gasteiger partial charge is 0.493 e. The lowest BCUT2D eigenvalue weighted by Gasteiger charge is -2.26. The Labute approximate surface area is 122 Å². The number of fused-ring (bicyclic) bond motifs is 1. The number of ether oxygens (including phenoxy) is 2. The van der Waals surface area contributed by atoms with Gasteiger partial charge in [0, 0.05) is 25.7 Å². The molecule has 3 heteroatoms. The predicted octanol–water partition coefficient (Wildman–Crippen LogP) is 3.48. The minimum absolute atomic E-state index is 0.524. The van der Waals surface area contributed by atoms with Gasteiger partial charge in [0.15, 0.2) is 0 Å². The number of aryl methyl sites for hydroxylation is 1.